The van der Waals surface area contributed by atoms with E-state index in [-0.39, 0.29) is 36.8 Å². The first-order valence-corrected chi connectivity index (χ1v) is 12.1. The van der Waals surface area contributed by atoms with Gasteiger partial charge in [0.1, 0.15) is 6.61 Å². The molecule has 0 spiro atoms. The summed E-state index contributed by atoms with van der Waals surface area (Å²) in [6.07, 6.45) is 2.94. The molecule has 2 aromatic rings. The van der Waals surface area contributed by atoms with Crippen LogP contribution in [-0.4, -0.2) is 41.8 Å². The fourth-order valence-corrected chi connectivity index (χ4v) is 5.33. The molecule has 2 aromatic carbocycles. The largest absolute Gasteiger partial charge is 0.481 e. The number of rotatable bonds is 9. The number of amides is 2. The average Bonchev–Trinajstić information content (AvgIpc) is 3.40. The Hall–Kier alpha value is -3.35. The molecule has 2 aliphatic carbocycles. The number of carbonyl (C=O) groups is 3. The van der Waals surface area contributed by atoms with Crippen LogP contribution in [0.5, 0.6) is 0 Å². The maximum atomic E-state index is 12.8. The predicted octanol–water partition coefficient (Wildman–Crippen LogP) is 4.45. The van der Waals surface area contributed by atoms with Crippen molar-refractivity contribution in [2.75, 3.05) is 6.61 Å². The minimum atomic E-state index is -0.932. The van der Waals surface area contributed by atoms with Crippen LogP contribution in [0.15, 0.2) is 48.5 Å². The summed E-state index contributed by atoms with van der Waals surface area (Å²) in [6.45, 7) is 2.18. The van der Waals surface area contributed by atoms with Gasteiger partial charge in [0.05, 0.1) is 12.3 Å². The number of aliphatic carboxylic acids is 1. The van der Waals surface area contributed by atoms with Crippen LogP contribution in [0, 0.1) is 5.92 Å². The summed E-state index contributed by atoms with van der Waals surface area (Å²) < 4.78 is 5.64. The molecule has 0 unspecified atom stereocenters. The molecule has 1 fully saturated rings. The summed E-state index contributed by atoms with van der Waals surface area (Å²) in [4.78, 5) is 36.6. The molecule has 0 aliphatic heterocycles. The Morgan fingerprint density at radius 2 is 1.68 bits per heavy atom. The first kappa shape index (κ1) is 23.8. The smallest absolute Gasteiger partial charge is 0.407 e. The molecule has 1 saturated carbocycles. The second-order valence-corrected chi connectivity index (χ2v) is 9.21. The first-order valence-electron chi connectivity index (χ1n) is 12.1. The van der Waals surface area contributed by atoms with Crippen LogP contribution in [0.1, 0.15) is 62.5 Å². The van der Waals surface area contributed by atoms with Gasteiger partial charge in [-0.3, -0.25) is 9.59 Å². The third-order valence-electron chi connectivity index (χ3n) is 6.90. The quantitative estimate of drug-likeness (QED) is 0.508. The van der Waals surface area contributed by atoms with Crippen molar-refractivity contribution in [1.29, 1.82) is 0 Å². The maximum Gasteiger partial charge on any atom is 0.407 e. The fourth-order valence-electron chi connectivity index (χ4n) is 5.33. The molecule has 0 bridgehead atoms. The van der Waals surface area contributed by atoms with Crippen LogP contribution in [0.3, 0.4) is 0 Å². The van der Waals surface area contributed by atoms with Crippen LogP contribution in [0.4, 0.5) is 4.79 Å². The van der Waals surface area contributed by atoms with E-state index in [9.17, 15) is 14.4 Å². The molecule has 2 amide bonds. The summed E-state index contributed by atoms with van der Waals surface area (Å²) >= 11 is 0. The van der Waals surface area contributed by atoms with Crippen molar-refractivity contribution in [3.63, 3.8) is 0 Å². The zero-order valence-electron chi connectivity index (χ0n) is 19.5. The molecule has 0 saturated heterocycles. The first-order chi connectivity index (χ1) is 16.5. The zero-order valence-corrected chi connectivity index (χ0v) is 19.5. The molecule has 180 valence electrons. The number of nitrogens with one attached hydrogen (secondary N) is 2. The molecule has 7 nitrogen and oxygen atoms in total. The number of alkyl carbamates (subject to hydrolysis) is 1. The lowest BCUT2D eigenvalue weighted by Gasteiger charge is -2.24. The Balaban J connectivity index is 1.35. The molecule has 3 N–H and O–H groups in total. The van der Waals surface area contributed by atoms with Crippen molar-refractivity contribution >= 4 is 18.0 Å². The Morgan fingerprint density at radius 3 is 2.29 bits per heavy atom. The van der Waals surface area contributed by atoms with Crippen molar-refractivity contribution in [2.45, 2.75) is 63.5 Å². The standard InChI is InChI=1S/C27H32N2O5/c1-2-8-17(15-25(30)31)28-26(32)22-13-7-14-24(22)29-27(33)34-16-23-20-11-5-3-9-18(20)19-10-4-6-12-21(19)23/h3-6,9-12,17,22-24H,2,7-8,13-16H2,1H3,(H,28,32)(H,29,33)(H,30,31)/t17-,22+,24-/m1/s1. The Bertz CT molecular complexity index is 1010. The molecule has 0 aromatic heterocycles. The Kier molecular flexibility index (Phi) is 7.50. The van der Waals surface area contributed by atoms with E-state index in [0.29, 0.717) is 19.3 Å². The van der Waals surface area contributed by atoms with Crippen LogP contribution in [-0.2, 0) is 14.3 Å². The number of fused-ring (bicyclic) bond motifs is 3. The van der Waals surface area contributed by atoms with Crippen molar-refractivity contribution in [3.05, 3.63) is 59.7 Å². The molecule has 4 rings (SSSR count). The number of hydrogen-bond donors (Lipinski definition) is 3. The zero-order chi connectivity index (χ0) is 24.1. The summed E-state index contributed by atoms with van der Waals surface area (Å²) in [6, 6.07) is 15.6. The second kappa shape index (κ2) is 10.7. The van der Waals surface area contributed by atoms with E-state index in [1.807, 2.05) is 31.2 Å². The van der Waals surface area contributed by atoms with Crippen LogP contribution < -0.4 is 10.6 Å². The van der Waals surface area contributed by atoms with Gasteiger partial charge in [0.15, 0.2) is 0 Å². The highest BCUT2D eigenvalue weighted by Gasteiger charge is 2.36. The maximum absolute atomic E-state index is 12.8. The van der Waals surface area contributed by atoms with Gasteiger partial charge in [0.2, 0.25) is 5.91 Å². The van der Waals surface area contributed by atoms with Crippen molar-refractivity contribution in [2.24, 2.45) is 5.92 Å². The number of benzene rings is 2. The van der Waals surface area contributed by atoms with Crippen LogP contribution >= 0.6 is 0 Å². The lowest BCUT2D eigenvalue weighted by Crippen LogP contribution is -2.47. The monoisotopic (exact) mass is 464 g/mol. The normalized spacial score (nSPS) is 19.7. The number of ether oxygens (including phenoxy) is 1. The van der Waals surface area contributed by atoms with Gasteiger partial charge in [-0.1, -0.05) is 68.3 Å². The molecule has 7 heteroatoms. The highest BCUT2D eigenvalue weighted by molar-refractivity contribution is 5.82. The van der Waals surface area contributed by atoms with Gasteiger partial charge in [-0.15, -0.1) is 0 Å². The van der Waals surface area contributed by atoms with E-state index in [1.165, 1.54) is 11.1 Å². The van der Waals surface area contributed by atoms with Gasteiger partial charge in [-0.2, -0.15) is 0 Å². The lowest BCUT2D eigenvalue weighted by molar-refractivity contribution is -0.137. The van der Waals surface area contributed by atoms with E-state index >= 15 is 0 Å². The number of carboxylic acids is 1. The topological polar surface area (TPSA) is 105 Å². The Labute approximate surface area is 199 Å². The molecule has 0 radical (unpaired) electrons. The SMILES string of the molecule is CCC[C@H](CC(=O)O)NC(=O)[C@H]1CCC[C@H]1NC(=O)OCC1c2ccccc2-c2ccccc21. The predicted molar refractivity (Wildman–Crippen MR) is 128 cm³/mol. The van der Waals surface area contributed by atoms with Crippen molar-refractivity contribution < 1.29 is 24.2 Å². The second-order valence-electron chi connectivity index (χ2n) is 9.21. The summed E-state index contributed by atoms with van der Waals surface area (Å²) in [5.41, 5.74) is 4.63. The summed E-state index contributed by atoms with van der Waals surface area (Å²) in [5, 5.41) is 14.9. The van der Waals surface area contributed by atoms with Crippen molar-refractivity contribution in [3.8, 4) is 11.1 Å². The van der Waals surface area contributed by atoms with E-state index < -0.39 is 18.1 Å². The van der Waals surface area contributed by atoms with Gasteiger partial charge < -0.3 is 20.5 Å². The van der Waals surface area contributed by atoms with Crippen LogP contribution in [0.25, 0.3) is 11.1 Å². The molecule has 2 aliphatic rings. The number of hydrogen-bond acceptors (Lipinski definition) is 4. The molecular formula is C27H32N2O5. The van der Waals surface area contributed by atoms with Crippen LogP contribution in [0.2, 0.25) is 0 Å². The van der Waals surface area contributed by atoms with E-state index in [4.69, 9.17) is 9.84 Å². The van der Waals surface area contributed by atoms with E-state index in [1.54, 1.807) is 0 Å². The summed E-state index contributed by atoms with van der Waals surface area (Å²) in [5.74, 6) is -1.53. The highest BCUT2D eigenvalue weighted by atomic mass is 16.5. The third-order valence-corrected chi connectivity index (χ3v) is 6.90. The highest BCUT2D eigenvalue weighted by Crippen LogP contribution is 2.44. The lowest BCUT2D eigenvalue weighted by atomic mass is 9.98. The third kappa shape index (κ3) is 5.24. The van der Waals surface area contributed by atoms with Gasteiger partial charge in [-0.25, -0.2) is 4.79 Å². The van der Waals surface area contributed by atoms with E-state index in [0.717, 1.165) is 24.0 Å². The molecule has 3 atom stereocenters. The average molecular weight is 465 g/mol. The van der Waals surface area contributed by atoms with Gasteiger partial charge in [-0.05, 0) is 41.5 Å². The summed E-state index contributed by atoms with van der Waals surface area (Å²) in [7, 11) is 0. The Morgan fingerprint density at radius 1 is 1.03 bits per heavy atom. The molecule has 0 heterocycles. The van der Waals surface area contributed by atoms with E-state index in [2.05, 4.69) is 34.9 Å². The van der Waals surface area contributed by atoms with Gasteiger partial charge >= 0.3 is 12.1 Å². The fraction of sp³-hybridized carbons (Fsp3) is 0.444. The van der Waals surface area contributed by atoms with Gasteiger partial charge in [0, 0.05) is 18.0 Å². The number of carboxylic acid groups (broad SMARTS) is 1. The molecular weight excluding hydrogens is 432 g/mol. The number of carbonyl (C=O) groups excluding carboxylic acids is 2. The molecule has 34 heavy (non-hydrogen) atoms. The minimum Gasteiger partial charge on any atom is -0.481 e. The van der Waals surface area contributed by atoms with Gasteiger partial charge in [0.25, 0.3) is 0 Å². The van der Waals surface area contributed by atoms with Crippen molar-refractivity contribution in [1.82, 2.24) is 10.6 Å². The minimum absolute atomic E-state index is 0.0216.